The van der Waals surface area contributed by atoms with E-state index in [1.54, 1.807) is 48.5 Å². The zero-order valence-electron chi connectivity index (χ0n) is 15.7. The van der Waals surface area contributed by atoms with Crippen LogP contribution in [0.15, 0.2) is 77.2 Å². The Labute approximate surface area is 172 Å². The molecule has 0 aliphatic carbocycles. The van der Waals surface area contributed by atoms with E-state index in [0.29, 0.717) is 38.8 Å². The number of hydrogen-bond donors (Lipinski definition) is 3. The van der Waals surface area contributed by atoms with Crippen molar-refractivity contribution in [1.82, 2.24) is 9.97 Å². The van der Waals surface area contributed by atoms with Crippen molar-refractivity contribution in [3.8, 4) is 17.3 Å². The Hall–Kier alpha value is -3.78. The minimum Gasteiger partial charge on any atom is -0.494 e. The molecule has 0 amide bonds. The summed E-state index contributed by atoms with van der Waals surface area (Å²) in [7, 11) is -3.61. The van der Waals surface area contributed by atoms with Crippen molar-refractivity contribution in [3.05, 3.63) is 78.4 Å². The first-order valence-electron chi connectivity index (χ1n) is 9.23. The average Bonchev–Trinajstić information content (AvgIpc) is 3.27. The van der Waals surface area contributed by atoms with E-state index in [0.717, 1.165) is 0 Å². The molecule has 0 radical (unpaired) electrons. The summed E-state index contributed by atoms with van der Waals surface area (Å²) in [5.74, 6) is 0.0208. The van der Waals surface area contributed by atoms with Crippen molar-refractivity contribution in [2.45, 2.75) is 5.75 Å². The predicted molar refractivity (Wildman–Crippen MR) is 116 cm³/mol. The van der Waals surface area contributed by atoms with Gasteiger partial charge in [0.2, 0.25) is 21.8 Å². The lowest BCUT2D eigenvalue weighted by Gasteiger charge is -2.08. The molecule has 0 bridgehead atoms. The molecule has 5 aromatic rings. The smallest absolute Gasteiger partial charge is 0.236 e. The van der Waals surface area contributed by atoms with E-state index >= 15 is 0 Å². The first-order chi connectivity index (χ1) is 14.5. The van der Waals surface area contributed by atoms with Crippen LogP contribution in [-0.4, -0.2) is 23.5 Å². The number of hydrogen-bond acceptors (Lipinski definition) is 5. The van der Waals surface area contributed by atoms with Crippen LogP contribution in [0.25, 0.3) is 33.5 Å². The third-order valence-electron chi connectivity index (χ3n) is 4.76. The molecule has 5 rings (SSSR count). The van der Waals surface area contributed by atoms with E-state index in [1.807, 2.05) is 24.3 Å². The van der Waals surface area contributed by atoms with Gasteiger partial charge in [-0.05, 0) is 35.9 Å². The number of benzene rings is 3. The number of rotatable bonds is 5. The molecule has 150 valence electrons. The van der Waals surface area contributed by atoms with Gasteiger partial charge < -0.3 is 14.5 Å². The highest BCUT2D eigenvalue weighted by Gasteiger charge is 2.20. The molecular weight excluding hydrogens is 402 g/mol. The van der Waals surface area contributed by atoms with Gasteiger partial charge in [0.05, 0.1) is 5.75 Å². The normalized spacial score (nSPS) is 11.9. The first-order valence-corrected chi connectivity index (χ1v) is 10.9. The monoisotopic (exact) mass is 419 g/mol. The van der Waals surface area contributed by atoms with Gasteiger partial charge in [0.25, 0.3) is 0 Å². The number of sulfonamides is 1. The second-order valence-corrected chi connectivity index (χ2v) is 8.66. The summed E-state index contributed by atoms with van der Waals surface area (Å²) in [6.07, 6.45) is 0. The summed E-state index contributed by atoms with van der Waals surface area (Å²) >= 11 is 0. The molecule has 0 spiro atoms. The Morgan fingerprint density at radius 3 is 2.57 bits per heavy atom. The number of anilines is 1. The topological polar surface area (TPSA) is 108 Å². The van der Waals surface area contributed by atoms with Crippen molar-refractivity contribution in [1.29, 1.82) is 0 Å². The largest absolute Gasteiger partial charge is 0.494 e. The standard InChI is InChI=1S/C22H17N3O4S/c26-21-20(22-24-18-8-4-5-9-19(18)29-22)16-12-15(10-11-17(16)23-21)25-30(27,28)13-14-6-2-1-3-7-14/h1-12,23,25-26H,13H2. The highest BCUT2D eigenvalue weighted by Crippen LogP contribution is 2.38. The van der Waals surface area contributed by atoms with Gasteiger partial charge in [-0.2, -0.15) is 0 Å². The predicted octanol–water partition coefficient (Wildman–Crippen LogP) is 4.62. The van der Waals surface area contributed by atoms with E-state index in [2.05, 4.69) is 14.7 Å². The van der Waals surface area contributed by atoms with Gasteiger partial charge in [-0.3, -0.25) is 4.72 Å². The molecule has 0 aliphatic rings. The maximum atomic E-state index is 12.6. The van der Waals surface area contributed by atoms with Gasteiger partial charge in [0.15, 0.2) is 5.58 Å². The van der Waals surface area contributed by atoms with E-state index < -0.39 is 10.0 Å². The van der Waals surface area contributed by atoms with Crippen LogP contribution in [0.1, 0.15) is 5.56 Å². The Morgan fingerprint density at radius 2 is 1.77 bits per heavy atom. The lowest BCUT2D eigenvalue weighted by Crippen LogP contribution is -2.14. The van der Waals surface area contributed by atoms with E-state index in [4.69, 9.17) is 4.42 Å². The Kier molecular flexibility index (Phi) is 4.22. The zero-order valence-corrected chi connectivity index (χ0v) is 16.5. The van der Waals surface area contributed by atoms with Crippen LogP contribution in [0.5, 0.6) is 5.88 Å². The number of oxazole rings is 1. The SMILES string of the molecule is O=S(=O)(Cc1ccccc1)Nc1ccc2[nH]c(O)c(-c3nc4ccccc4o3)c2c1. The summed E-state index contributed by atoms with van der Waals surface area (Å²) in [5, 5.41) is 11.0. The number of H-pyrrole nitrogens is 1. The number of para-hydroxylation sites is 2. The summed E-state index contributed by atoms with van der Waals surface area (Å²) in [5.41, 5.74) is 3.36. The third-order valence-corrected chi connectivity index (χ3v) is 6.02. The Bertz CT molecular complexity index is 1440. The Balaban J connectivity index is 1.53. The van der Waals surface area contributed by atoms with Crippen LogP contribution >= 0.6 is 0 Å². The molecule has 0 saturated carbocycles. The van der Waals surface area contributed by atoms with E-state index in [1.165, 1.54) is 0 Å². The first kappa shape index (κ1) is 18.3. The number of aromatic amines is 1. The van der Waals surface area contributed by atoms with Crippen LogP contribution < -0.4 is 4.72 Å². The van der Waals surface area contributed by atoms with Gasteiger partial charge in [-0.15, -0.1) is 0 Å². The lowest BCUT2D eigenvalue weighted by molar-refractivity contribution is 0.457. The molecule has 0 fully saturated rings. The molecular formula is C22H17N3O4S. The number of nitrogens with one attached hydrogen (secondary N) is 2. The second-order valence-electron chi connectivity index (χ2n) is 6.94. The molecule has 3 aromatic carbocycles. The molecule has 30 heavy (non-hydrogen) atoms. The fourth-order valence-corrected chi connectivity index (χ4v) is 4.64. The molecule has 2 heterocycles. The number of aromatic nitrogens is 2. The van der Waals surface area contributed by atoms with Crippen molar-refractivity contribution in [3.63, 3.8) is 0 Å². The maximum Gasteiger partial charge on any atom is 0.236 e. The molecule has 3 N–H and O–H groups in total. The third kappa shape index (κ3) is 3.37. The fourth-order valence-electron chi connectivity index (χ4n) is 3.45. The van der Waals surface area contributed by atoms with Crippen molar-refractivity contribution in [2.24, 2.45) is 0 Å². The van der Waals surface area contributed by atoms with E-state index in [9.17, 15) is 13.5 Å². The average molecular weight is 419 g/mol. The molecule has 0 unspecified atom stereocenters. The fraction of sp³-hybridized carbons (Fsp3) is 0.0455. The summed E-state index contributed by atoms with van der Waals surface area (Å²) in [6, 6.07) is 21.2. The second kappa shape index (κ2) is 6.93. The van der Waals surface area contributed by atoms with Crippen LogP contribution in [0.2, 0.25) is 0 Å². The van der Waals surface area contributed by atoms with Crippen molar-refractivity contribution < 1.29 is 17.9 Å². The molecule has 0 atom stereocenters. The van der Waals surface area contributed by atoms with Crippen LogP contribution in [0, 0.1) is 0 Å². The summed E-state index contributed by atoms with van der Waals surface area (Å²) in [6.45, 7) is 0. The van der Waals surface area contributed by atoms with Crippen molar-refractivity contribution in [2.75, 3.05) is 4.72 Å². The Morgan fingerprint density at radius 1 is 1.00 bits per heavy atom. The quantitative estimate of drug-likeness (QED) is 0.385. The van der Waals surface area contributed by atoms with Crippen molar-refractivity contribution >= 4 is 37.7 Å². The van der Waals surface area contributed by atoms with Crippen LogP contribution in [0.4, 0.5) is 5.69 Å². The minimum absolute atomic E-state index is 0.0964. The summed E-state index contributed by atoms with van der Waals surface area (Å²) in [4.78, 5) is 7.32. The molecule has 2 aromatic heterocycles. The summed E-state index contributed by atoms with van der Waals surface area (Å²) < 4.78 is 33.6. The molecule has 8 heteroatoms. The lowest BCUT2D eigenvalue weighted by atomic mass is 10.1. The minimum atomic E-state index is -3.61. The van der Waals surface area contributed by atoms with Gasteiger partial charge in [0.1, 0.15) is 11.1 Å². The zero-order chi connectivity index (χ0) is 20.7. The van der Waals surface area contributed by atoms with Gasteiger partial charge >= 0.3 is 0 Å². The number of aromatic hydroxyl groups is 1. The molecule has 0 aliphatic heterocycles. The number of fused-ring (bicyclic) bond motifs is 2. The maximum absolute atomic E-state index is 12.6. The van der Waals surface area contributed by atoms with Gasteiger partial charge in [-0.25, -0.2) is 13.4 Å². The van der Waals surface area contributed by atoms with Gasteiger partial charge in [-0.1, -0.05) is 42.5 Å². The van der Waals surface area contributed by atoms with E-state index in [-0.39, 0.29) is 17.5 Å². The van der Waals surface area contributed by atoms with Gasteiger partial charge in [0, 0.05) is 16.6 Å². The molecule has 0 saturated heterocycles. The molecule has 7 nitrogen and oxygen atoms in total. The highest BCUT2D eigenvalue weighted by molar-refractivity contribution is 7.91. The number of nitrogens with zero attached hydrogens (tertiary/aromatic N) is 1. The van der Waals surface area contributed by atoms with Crippen LogP contribution in [-0.2, 0) is 15.8 Å². The van der Waals surface area contributed by atoms with Crippen LogP contribution in [0.3, 0.4) is 0 Å². The highest BCUT2D eigenvalue weighted by atomic mass is 32.2.